The molecule has 5 N–H and O–H groups in total. The molecule has 1 amide bonds. The monoisotopic (exact) mass is 727 g/mol. The first-order valence-electron chi connectivity index (χ1n) is 12.7. The largest absolute Gasteiger partial charge is 0.473 e. The Bertz CT molecular complexity index is 1130. The van der Waals surface area contributed by atoms with Crippen LogP contribution in [0.3, 0.4) is 0 Å². The van der Waals surface area contributed by atoms with E-state index in [0.29, 0.717) is 7.11 Å². The average molecular weight is 727 g/mol. The zero-order valence-corrected chi connectivity index (χ0v) is 23.5. The van der Waals surface area contributed by atoms with Crippen molar-refractivity contribution in [3.8, 4) is 0 Å². The van der Waals surface area contributed by atoms with Gasteiger partial charge in [-0.3, -0.25) is 4.79 Å². The highest BCUT2D eigenvalue weighted by Crippen LogP contribution is 2.60. The second kappa shape index (κ2) is 13.5. The summed E-state index contributed by atoms with van der Waals surface area (Å²) in [6.45, 7) is 1.13. The van der Waals surface area contributed by atoms with Crippen LogP contribution in [0, 0.1) is 5.92 Å². The number of alkyl halides is 13. The Morgan fingerprint density at radius 3 is 1.72 bits per heavy atom. The Labute approximate surface area is 253 Å². The Hall–Kier alpha value is -2.29. The summed E-state index contributed by atoms with van der Waals surface area (Å²) < 4.78 is 198. The molecule has 2 aliphatic heterocycles. The number of carbonyl (C=O) groups excluding carboxylic acids is 2. The predicted octanol–water partition coefficient (Wildman–Crippen LogP) is 0.923. The molecule has 276 valence electrons. The minimum absolute atomic E-state index is 0.655. The predicted molar refractivity (Wildman–Crippen MR) is 118 cm³/mol. The number of halogens is 13. The van der Waals surface area contributed by atoms with Crippen molar-refractivity contribution in [1.29, 1.82) is 0 Å². The van der Waals surface area contributed by atoms with Crippen molar-refractivity contribution >= 4 is 11.9 Å². The van der Waals surface area contributed by atoms with Gasteiger partial charge < -0.3 is 49.4 Å². The van der Waals surface area contributed by atoms with E-state index >= 15 is 0 Å². The summed E-state index contributed by atoms with van der Waals surface area (Å²) in [4.78, 5) is 24.3. The van der Waals surface area contributed by atoms with Gasteiger partial charge in [-0.1, -0.05) is 6.92 Å². The summed E-state index contributed by atoms with van der Waals surface area (Å²) in [5.74, 6) is -37.8. The van der Waals surface area contributed by atoms with E-state index in [2.05, 4.69) is 14.8 Å². The Morgan fingerprint density at radius 2 is 1.28 bits per heavy atom. The van der Waals surface area contributed by atoms with E-state index in [9.17, 15) is 87.1 Å². The summed E-state index contributed by atoms with van der Waals surface area (Å²) >= 11 is 0. The van der Waals surface area contributed by atoms with Crippen molar-refractivity contribution < 1.29 is 111 Å². The lowest BCUT2D eigenvalue weighted by molar-refractivity contribution is -0.461. The quantitative estimate of drug-likeness (QED) is 0.151. The molecule has 0 aromatic carbocycles. The molecule has 2 aliphatic rings. The molecule has 25 heteroatoms. The average Bonchev–Trinajstić information content (AvgIpc) is 2.93. The topological polar surface area (TPSA) is 173 Å². The molecular formula is C22H26F13NO11. The van der Waals surface area contributed by atoms with Crippen LogP contribution in [-0.2, 0) is 33.3 Å². The Morgan fingerprint density at radius 1 is 0.766 bits per heavy atom. The standard InChI is InChI=1S/C22H26F13NO11/c1-5-8(36-6(2)38)15(44-7(4-37)9(5)39)45-12-10(40)11(41)16(43-3)46-13(12)14(42)47-22(34,35)20(29,30)18(25,26)17(23,24)19(27,28)21(31,32)33/h5,7-13,15-16,37,39-41H,4H2,1-3H3,(H,36,38). The zero-order valence-electron chi connectivity index (χ0n) is 23.5. The molecule has 2 saturated heterocycles. The molecule has 2 heterocycles. The smallest absolute Gasteiger partial charge is 0.394 e. The van der Waals surface area contributed by atoms with E-state index < -0.39 is 116 Å². The van der Waals surface area contributed by atoms with Crippen LogP contribution in [0.15, 0.2) is 0 Å². The third kappa shape index (κ3) is 7.07. The van der Waals surface area contributed by atoms with Crippen molar-refractivity contribution in [3.05, 3.63) is 0 Å². The fraction of sp³-hybridized carbons (Fsp3) is 0.909. The second-order valence-electron chi connectivity index (χ2n) is 10.3. The number of hydrogen-bond donors (Lipinski definition) is 5. The zero-order chi connectivity index (χ0) is 36.9. The van der Waals surface area contributed by atoms with Gasteiger partial charge in [-0.15, -0.1) is 0 Å². The molecule has 10 atom stereocenters. The minimum atomic E-state index is -8.31. The van der Waals surface area contributed by atoms with Gasteiger partial charge in [-0.05, 0) is 0 Å². The van der Waals surface area contributed by atoms with Gasteiger partial charge in [0.05, 0.1) is 18.8 Å². The lowest BCUT2D eigenvalue weighted by Gasteiger charge is -2.47. The number of ether oxygens (including phenoxy) is 5. The van der Waals surface area contributed by atoms with Gasteiger partial charge in [0.25, 0.3) is 0 Å². The molecule has 0 bridgehead atoms. The van der Waals surface area contributed by atoms with Crippen LogP contribution in [0.25, 0.3) is 0 Å². The molecule has 0 radical (unpaired) electrons. The van der Waals surface area contributed by atoms with Crippen molar-refractivity contribution in [2.75, 3.05) is 13.7 Å². The van der Waals surface area contributed by atoms with Gasteiger partial charge >= 0.3 is 41.9 Å². The molecule has 0 aromatic heterocycles. The number of carbonyl (C=O) groups is 2. The molecular weight excluding hydrogens is 701 g/mol. The number of esters is 1. The van der Waals surface area contributed by atoms with Crippen molar-refractivity contribution in [3.63, 3.8) is 0 Å². The van der Waals surface area contributed by atoms with Crippen molar-refractivity contribution in [1.82, 2.24) is 5.32 Å². The Kier molecular flexibility index (Phi) is 11.8. The van der Waals surface area contributed by atoms with E-state index in [1.807, 2.05) is 0 Å². The number of aliphatic hydroxyl groups is 4. The normalized spacial score (nSPS) is 33.4. The van der Waals surface area contributed by atoms with Gasteiger partial charge in [-0.25, -0.2) is 4.79 Å². The molecule has 0 aliphatic carbocycles. The van der Waals surface area contributed by atoms with E-state index in [-0.39, 0.29) is 0 Å². The number of amides is 1. The first kappa shape index (κ1) is 40.9. The highest BCUT2D eigenvalue weighted by atomic mass is 19.4. The lowest BCUT2D eigenvalue weighted by Crippen LogP contribution is -2.71. The van der Waals surface area contributed by atoms with Crippen LogP contribution in [0.2, 0.25) is 0 Å². The minimum Gasteiger partial charge on any atom is -0.394 e. The van der Waals surface area contributed by atoms with Crippen LogP contribution in [-0.4, -0.2) is 137 Å². The highest BCUT2D eigenvalue weighted by Gasteiger charge is 2.92. The molecule has 10 unspecified atom stereocenters. The SMILES string of the molecule is COC1OC(C(=O)OC(F)(F)C(F)(F)C(F)(F)C(F)(F)C(F)(F)C(F)(F)F)C(OC2OC(CO)C(O)C(C)C2NC(C)=O)C(O)C1O. The van der Waals surface area contributed by atoms with Crippen LogP contribution in [0.1, 0.15) is 13.8 Å². The van der Waals surface area contributed by atoms with Crippen molar-refractivity contribution in [2.24, 2.45) is 5.92 Å². The maximum atomic E-state index is 14.4. The Balaban J connectivity index is 2.53. The summed E-state index contributed by atoms with van der Waals surface area (Å²) in [6, 6.07) is -1.55. The van der Waals surface area contributed by atoms with Crippen LogP contribution >= 0.6 is 0 Å². The first-order valence-corrected chi connectivity index (χ1v) is 12.7. The number of methoxy groups -OCH3 is 1. The van der Waals surface area contributed by atoms with E-state index in [1.165, 1.54) is 6.92 Å². The van der Waals surface area contributed by atoms with E-state index in [4.69, 9.17) is 14.2 Å². The number of rotatable bonds is 11. The number of hydrogen-bond acceptors (Lipinski definition) is 11. The number of nitrogens with one attached hydrogen (secondary N) is 1. The molecule has 0 aromatic rings. The third-order valence-corrected chi connectivity index (χ3v) is 7.07. The van der Waals surface area contributed by atoms with Gasteiger partial charge in [0.2, 0.25) is 5.91 Å². The molecule has 12 nitrogen and oxygen atoms in total. The molecule has 47 heavy (non-hydrogen) atoms. The molecule has 2 rings (SSSR count). The van der Waals surface area contributed by atoms with E-state index in [1.54, 1.807) is 0 Å². The molecule has 2 fully saturated rings. The maximum absolute atomic E-state index is 14.4. The van der Waals surface area contributed by atoms with Gasteiger partial charge in [-0.2, -0.15) is 57.1 Å². The maximum Gasteiger partial charge on any atom is 0.473 e. The van der Waals surface area contributed by atoms with Gasteiger partial charge in [0.1, 0.15) is 24.4 Å². The lowest BCUT2D eigenvalue weighted by atomic mass is 9.88. The number of aliphatic hydroxyl groups excluding tert-OH is 4. The summed E-state index contributed by atoms with van der Waals surface area (Å²) in [7, 11) is 0.655. The summed E-state index contributed by atoms with van der Waals surface area (Å²) in [5.41, 5.74) is 0. The third-order valence-electron chi connectivity index (χ3n) is 7.07. The summed E-state index contributed by atoms with van der Waals surface area (Å²) in [6.07, 6.45) is -33.5. The molecule has 0 spiro atoms. The first-order chi connectivity index (χ1) is 21.0. The van der Waals surface area contributed by atoms with Crippen molar-refractivity contribution in [2.45, 2.75) is 105 Å². The fourth-order valence-corrected chi connectivity index (χ4v) is 4.37. The van der Waals surface area contributed by atoms with Gasteiger partial charge in [0.15, 0.2) is 18.7 Å². The summed E-state index contributed by atoms with van der Waals surface area (Å²) in [5, 5.41) is 42.7. The van der Waals surface area contributed by atoms with Crippen LogP contribution in [0.5, 0.6) is 0 Å². The fourth-order valence-electron chi connectivity index (χ4n) is 4.37. The van der Waals surface area contributed by atoms with E-state index in [0.717, 1.165) is 6.92 Å². The van der Waals surface area contributed by atoms with Crippen LogP contribution < -0.4 is 5.32 Å². The highest BCUT2D eigenvalue weighted by molar-refractivity contribution is 5.76. The molecule has 0 saturated carbocycles. The van der Waals surface area contributed by atoms with Crippen LogP contribution in [0.4, 0.5) is 57.1 Å². The second-order valence-corrected chi connectivity index (χ2v) is 10.3. The van der Waals surface area contributed by atoms with Gasteiger partial charge in [0, 0.05) is 20.0 Å².